The number of amides is 1. The van der Waals surface area contributed by atoms with Gasteiger partial charge >= 0.3 is 23.7 Å². The highest BCUT2D eigenvalue weighted by molar-refractivity contribution is 5.84. The van der Waals surface area contributed by atoms with Gasteiger partial charge in [-0.2, -0.15) is 4.98 Å². The van der Waals surface area contributed by atoms with E-state index in [0.29, 0.717) is 0 Å². The van der Waals surface area contributed by atoms with Crippen LogP contribution in [0.25, 0.3) is 0 Å². The van der Waals surface area contributed by atoms with Crippen molar-refractivity contribution in [2.24, 2.45) is 0 Å². The van der Waals surface area contributed by atoms with Gasteiger partial charge in [-0.1, -0.05) is 5.92 Å². The van der Waals surface area contributed by atoms with Gasteiger partial charge in [-0.15, -0.1) is 6.42 Å². The largest absolute Gasteiger partial charge is 0.456 e. The van der Waals surface area contributed by atoms with Crippen LogP contribution in [0.15, 0.2) is 11.0 Å². The molecular formula is C18H21N3O8. The molecule has 1 aromatic rings. The fourth-order valence-corrected chi connectivity index (χ4v) is 2.82. The lowest BCUT2D eigenvalue weighted by Crippen LogP contribution is -2.40. The summed E-state index contributed by atoms with van der Waals surface area (Å²) in [5, 5.41) is 2.28. The first-order chi connectivity index (χ1) is 13.7. The van der Waals surface area contributed by atoms with Crippen LogP contribution >= 0.6 is 0 Å². The molecule has 0 unspecified atom stereocenters. The predicted molar refractivity (Wildman–Crippen MR) is 97.8 cm³/mol. The highest BCUT2D eigenvalue weighted by Crippen LogP contribution is 2.33. The number of carbonyl (C=O) groups excluding carboxylic acids is 3. The Kier molecular flexibility index (Phi) is 6.95. The molecule has 0 bridgehead atoms. The molecule has 1 saturated heterocycles. The molecule has 1 aliphatic heterocycles. The highest BCUT2D eigenvalue weighted by Gasteiger charge is 2.48. The molecule has 1 aliphatic rings. The molecule has 11 heteroatoms. The number of aromatic nitrogens is 2. The molecule has 0 spiro atoms. The summed E-state index contributed by atoms with van der Waals surface area (Å²) in [6.45, 7) is 5.70. The van der Waals surface area contributed by atoms with Crippen molar-refractivity contribution in [2.45, 2.75) is 52.2 Å². The van der Waals surface area contributed by atoms with Crippen molar-refractivity contribution < 1.29 is 33.3 Å². The van der Waals surface area contributed by atoms with Crippen LogP contribution in [0.1, 0.15) is 39.5 Å². The smallest absolute Gasteiger partial charge is 0.412 e. The van der Waals surface area contributed by atoms with Crippen LogP contribution in [0.2, 0.25) is 0 Å². The molecule has 1 aromatic heterocycles. The monoisotopic (exact) mass is 407 g/mol. The van der Waals surface area contributed by atoms with Gasteiger partial charge in [-0.25, -0.2) is 9.59 Å². The van der Waals surface area contributed by atoms with Gasteiger partial charge in [0, 0.05) is 20.0 Å². The maximum atomic E-state index is 12.6. The number of anilines is 1. The molecule has 1 fully saturated rings. The lowest BCUT2D eigenvalue weighted by atomic mass is 10.1. The Morgan fingerprint density at radius 3 is 2.45 bits per heavy atom. The third kappa shape index (κ3) is 5.11. The number of nitrogens with one attached hydrogen (secondary N) is 1. The molecule has 4 atom stereocenters. The lowest BCUT2D eigenvalue weighted by molar-refractivity contribution is -0.165. The number of esters is 2. The Bertz CT molecular complexity index is 903. The van der Waals surface area contributed by atoms with E-state index in [1.165, 1.54) is 20.0 Å². The number of hydrogen-bond acceptors (Lipinski definition) is 9. The zero-order valence-corrected chi connectivity index (χ0v) is 16.3. The number of nitrogens with zero attached hydrogens (tertiary/aromatic N) is 2. The zero-order valence-electron chi connectivity index (χ0n) is 16.3. The summed E-state index contributed by atoms with van der Waals surface area (Å²) in [5.74, 6) is 0.872. The van der Waals surface area contributed by atoms with E-state index in [2.05, 4.69) is 16.2 Å². The Morgan fingerprint density at radius 1 is 1.28 bits per heavy atom. The van der Waals surface area contributed by atoms with E-state index < -0.39 is 48.3 Å². The second-order valence-corrected chi connectivity index (χ2v) is 6.06. The molecule has 0 radical (unpaired) electrons. The Morgan fingerprint density at radius 2 is 1.90 bits per heavy atom. The second-order valence-electron chi connectivity index (χ2n) is 6.06. The molecule has 0 aliphatic carbocycles. The van der Waals surface area contributed by atoms with Crippen LogP contribution in [-0.4, -0.2) is 52.5 Å². The minimum absolute atomic E-state index is 0.0615. The summed E-state index contributed by atoms with van der Waals surface area (Å²) in [5.41, 5.74) is -0.778. The summed E-state index contributed by atoms with van der Waals surface area (Å²) in [7, 11) is 0. The summed E-state index contributed by atoms with van der Waals surface area (Å²) >= 11 is 0. The van der Waals surface area contributed by atoms with Crippen LogP contribution in [0.5, 0.6) is 0 Å². The number of ether oxygens (including phenoxy) is 4. The average Bonchev–Trinajstić information content (AvgIpc) is 2.90. The topological polar surface area (TPSA) is 135 Å². The maximum absolute atomic E-state index is 12.6. The SMILES string of the molecule is C#Cc1cn([C@@H]2O[C@H](C)[C@@H](OC(C)=O)[C@H]2OC(C)=O)c(=O)nc1NC(=O)OCC. The van der Waals surface area contributed by atoms with Crippen molar-refractivity contribution >= 4 is 23.8 Å². The molecule has 0 aromatic carbocycles. The number of terminal acetylenes is 1. The first-order valence-electron chi connectivity index (χ1n) is 8.71. The van der Waals surface area contributed by atoms with Gasteiger partial charge in [0.2, 0.25) is 0 Å². The fraction of sp³-hybridized carbons (Fsp3) is 0.500. The first-order valence-corrected chi connectivity index (χ1v) is 8.71. The quantitative estimate of drug-likeness (QED) is 0.422. The molecule has 2 rings (SSSR count). The summed E-state index contributed by atoms with van der Waals surface area (Å²) in [6, 6.07) is 0. The van der Waals surface area contributed by atoms with Gasteiger partial charge in [0.1, 0.15) is 0 Å². The van der Waals surface area contributed by atoms with Crippen LogP contribution in [0.3, 0.4) is 0 Å². The molecular weight excluding hydrogens is 386 g/mol. The third-order valence-corrected chi connectivity index (χ3v) is 3.90. The van der Waals surface area contributed by atoms with Crippen molar-refractivity contribution in [1.29, 1.82) is 0 Å². The van der Waals surface area contributed by atoms with E-state index in [1.54, 1.807) is 13.8 Å². The molecule has 1 amide bonds. The van der Waals surface area contributed by atoms with Gasteiger partial charge < -0.3 is 18.9 Å². The molecule has 11 nitrogen and oxygen atoms in total. The minimum atomic E-state index is -1.15. The van der Waals surface area contributed by atoms with Crippen LogP contribution in [0, 0.1) is 12.3 Å². The normalized spacial score (nSPS) is 23.0. The predicted octanol–water partition coefficient (Wildman–Crippen LogP) is 0.574. The third-order valence-electron chi connectivity index (χ3n) is 3.90. The van der Waals surface area contributed by atoms with E-state index in [-0.39, 0.29) is 18.0 Å². The van der Waals surface area contributed by atoms with Gasteiger partial charge in [0.05, 0.1) is 18.3 Å². The summed E-state index contributed by atoms with van der Waals surface area (Å²) in [6.07, 6.45) is 1.96. The van der Waals surface area contributed by atoms with E-state index in [9.17, 15) is 19.2 Å². The highest BCUT2D eigenvalue weighted by atomic mass is 16.6. The molecule has 1 N–H and O–H groups in total. The van der Waals surface area contributed by atoms with Gasteiger partial charge in [0.15, 0.2) is 24.3 Å². The summed E-state index contributed by atoms with van der Waals surface area (Å²) < 4.78 is 21.9. The Balaban J connectivity index is 2.44. The van der Waals surface area contributed by atoms with E-state index in [0.717, 1.165) is 4.57 Å². The number of hydrogen-bond donors (Lipinski definition) is 1. The lowest BCUT2D eigenvalue weighted by Gasteiger charge is -2.23. The maximum Gasteiger partial charge on any atom is 0.412 e. The van der Waals surface area contributed by atoms with Gasteiger partial charge in [-0.05, 0) is 13.8 Å². The zero-order chi connectivity index (χ0) is 21.7. The van der Waals surface area contributed by atoms with Crippen molar-refractivity contribution in [3.05, 3.63) is 22.2 Å². The Labute approximate surface area is 166 Å². The van der Waals surface area contributed by atoms with E-state index in [1.807, 2.05) is 0 Å². The number of rotatable bonds is 5. The first kappa shape index (κ1) is 21.9. The summed E-state index contributed by atoms with van der Waals surface area (Å²) in [4.78, 5) is 50.9. The van der Waals surface area contributed by atoms with Crippen LogP contribution in [0.4, 0.5) is 10.6 Å². The van der Waals surface area contributed by atoms with Gasteiger partial charge in [-0.3, -0.25) is 19.5 Å². The fourth-order valence-electron chi connectivity index (χ4n) is 2.82. The molecule has 2 heterocycles. The molecule has 29 heavy (non-hydrogen) atoms. The standard InChI is InChI=1S/C18H21N3O8/c1-6-12-8-21(17(24)19-15(12)20-18(25)26-7-2)16-14(29-11(5)23)13(9(3)27-16)28-10(4)22/h1,8-9,13-14,16H,7H2,2-5H3,(H,19,20,24,25)/t9-,13-,14-,16-/m1/s1. The van der Waals surface area contributed by atoms with Crippen molar-refractivity contribution in [3.8, 4) is 12.3 Å². The van der Waals surface area contributed by atoms with Crippen molar-refractivity contribution in [3.63, 3.8) is 0 Å². The number of carbonyl (C=O) groups is 3. The van der Waals surface area contributed by atoms with E-state index >= 15 is 0 Å². The van der Waals surface area contributed by atoms with Gasteiger partial charge in [0.25, 0.3) is 0 Å². The Hall–Kier alpha value is -3.39. The van der Waals surface area contributed by atoms with E-state index in [4.69, 9.17) is 25.4 Å². The van der Waals surface area contributed by atoms with Crippen molar-refractivity contribution in [2.75, 3.05) is 11.9 Å². The van der Waals surface area contributed by atoms with Crippen molar-refractivity contribution in [1.82, 2.24) is 9.55 Å². The van der Waals surface area contributed by atoms with Crippen LogP contribution in [-0.2, 0) is 28.5 Å². The minimum Gasteiger partial charge on any atom is -0.456 e. The second kappa shape index (κ2) is 9.20. The molecule has 156 valence electrons. The molecule has 0 saturated carbocycles. The average molecular weight is 407 g/mol. The van der Waals surface area contributed by atoms with Crippen LogP contribution < -0.4 is 11.0 Å².